The molecule has 0 aliphatic carbocycles. The fourth-order valence-corrected chi connectivity index (χ4v) is 2.31. The molecule has 1 heterocycles. The van der Waals surface area contributed by atoms with E-state index in [0.717, 1.165) is 6.42 Å². The summed E-state index contributed by atoms with van der Waals surface area (Å²) in [5, 5.41) is 10.0. The van der Waals surface area contributed by atoms with Crippen molar-refractivity contribution in [3.8, 4) is 0 Å². The summed E-state index contributed by atoms with van der Waals surface area (Å²) in [4.78, 5) is 11.6. The number of aliphatic hydroxyl groups is 1. The molecule has 0 fully saturated rings. The Kier molecular flexibility index (Phi) is 10.9. The van der Waals surface area contributed by atoms with Crippen LogP contribution in [0.1, 0.15) is 58.3 Å². The van der Waals surface area contributed by atoms with Crippen LogP contribution in [0, 0.1) is 0 Å². The first kappa shape index (κ1) is 19.4. The Balaban J connectivity index is 2.35. The van der Waals surface area contributed by atoms with E-state index in [4.69, 9.17) is 4.74 Å². The Morgan fingerprint density at radius 2 is 2.00 bits per heavy atom. The second-order valence-electron chi connectivity index (χ2n) is 5.81. The molecular formula is C20H30O3. The van der Waals surface area contributed by atoms with Gasteiger partial charge in [0.25, 0.3) is 0 Å². The maximum Gasteiger partial charge on any atom is 0.306 e. The summed E-state index contributed by atoms with van der Waals surface area (Å²) in [5.74, 6) is -0.263. The SMILES string of the molecule is CCCCCC\C=C/C=C/C=C/[C@@H]1OC(=O)CC/C=C\C[C@@H]1O. The molecule has 0 spiro atoms. The number of rotatable bonds is 8. The zero-order valence-electron chi connectivity index (χ0n) is 14.2. The third-order valence-electron chi connectivity index (χ3n) is 3.70. The zero-order valence-corrected chi connectivity index (χ0v) is 14.2. The van der Waals surface area contributed by atoms with Gasteiger partial charge in [-0.2, -0.15) is 0 Å². The van der Waals surface area contributed by atoms with E-state index in [1.54, 1.807) is 6.08 Å². The van der Waals surface area contributed by atoms with Crippen LogP contribution in [0.25, 0.3) is 0 Å². The van der Waals surface area contributed by atoms with Crippen molar-refractivity contribution in [2.24, 2.45) is 0 Å². The van der Waals surface area contributed by atoms with Gasteiger partial charge in [-0.25, -0.2) is 0 Å². The van der Waals surface area contributed by atoms with Gasteiger partial charge in [0.1, 0.15) is 6.10 Å². The van der Waals surface area contributed by atoms with Gasteiger partial charge in [-0.05, 0) is 31.8 Å². The van der Waals surface area contributed by atoms with Crippen molar-refractivity contribution in [3.05, 3.63) is 48.6 Å². The molecule has 0 amide bonds. The molecule has 1 aliphatic rings. The van der Waals surface area contributed by atoms with Crippen molar-refractivity contribution < 1.29 is 14.6 Å². The average molecular weight is 318 g/mol. The molecule has 3 heteroatoms. The van der Waals surface area contributed by atoms with Gasteiger partial charge in [0.15, 0.2) is 0 Å². The summed E-state index contributed by atoms with van der Waals surface area (Å²) in [6.45, 7) is 2.22. The molecular weight excluding hydrogens is 288 g/mol. The average Bonchev–Trinajstić information content (AvgIpc) is 2.61. The fraction of sp³-hybridized carbons (Fsp3) is 0.550. The lowest BCUT2D eigenvalue weighted by Crippen LogP contribution is -2.28. The molecule has 2 atom stereocenters. The van der Waals surface area contributed by atoms with Gasteiger partial charge < -0.3 is 9.84 Å². The van der Waals surface area contributed by atoms with Gasteiger partial charge in [-0.15, -0.1) is 0 Å². The van der Waals surface area contributed by atoms with E-state index in [2.05, 4.69) is 13.0 Å². The second-order valence-corrected chi connectivity index (χ2v) is 5.81. The number of aliphatic hydroxyl groups excluding tert-OH is 1. The van der Waals surface area contributed by atoms with E-state index in [-0.39, 0.29) is 5.97 Å². The summed E-state index contributed by atoms with van der Waals surface area (Å²) in [6.07, 6.45) is 21.9. The van der Waals surface area contributed by atoms with Gasteiger partial charge in [0, 0.05) is 6.42 Å². The highest BCUT2D eigenvalue weighted by molar-refractivity contribution is 5.70. The second kappa shape index (κ2) is 12.9. The normalized spacial score (nSPS) is 24.7. The monoisotopic (exact) mass is 318 g/mol. The molecule has 23 heavy (non-hydrogen) atoms. The first-order valence-electron chi connectivity index (χ1n) is 8.76. The Morgan fingerprint density at radius 1 is 1.17 bits per heavy atom. The molecule has 1 N–H and O–H groups in total. The fourth-order valence-electron chi connectivity index (χ4n) is 2.31. The Labute approximate surface area is 140 Å². The third-order valence-corrected chi connectivity index (χ3v) is 3.70. The van der Waals surface area contributed by atoms with Crippen molar-refractivity contribution in [1.82, 2.24) is 0 Å². The number of hydrogen-bond donors (Lipinski definition) is 1. The molecule has 0 unspecified atom stereocenters. The number of ether oxygens (including phenoxy) is 1. The van der Waals surface area contributed by atoms with Crippen LogP contribution in [0.5, 0.6) is 0 Å². The summed E-state index contributed by atoms with van der Waals surface area (Å²) in [5.41, 5.74) is 0. The Hall–Kier alpha value is -1.61. The van der Waals surface area contributed by atoms with E-state index < -0.39 is 12.2 Å². The Bertz CT molecular complexity index is 432. The molecule has 0 aromatic carbocycles. The van der Waals surface area contributed by atoms with Gasteiger partial charge in [-0.1, -0.05) is 68.7 Å². The minimum absolute atomic E-state index is 0.263. The summed E-state index contributed by atoms with van der Waals surface area (Å²) in [6, 6.07) is 0. The van der Waals surface area contributed by atoms with E-state index in [1.165, 1.54) is 25.7 Å². The number of hydrogen-bond acceptors (Lipinski definition) is 3. The van der Waals surface area contributed by atoms with Gasteiger partial charge in [0.05, 0.1) is 6.10 Å². The minimum Gasteiger partial charge on any atom is -0.455 e. The lowest BCUT2D eigenvalue weighted by atomic mass is 10.1. The summed E-state index contributed by atoms with van der Waals surface area (Å²) < 4.78 is 5.30. The van der Waals surface area contributed by atoms with Gasteiger partial charge >= 0.3 is 5.97 Å². The van der Waals surface area contributed by atoms with Crippen LogP contribution in [0.4, 0.5) is 0 Å². The van der Waals surface area contributed by atoms with Crippen molar-refractivity contribution in [2.45, 2.75) is 70.5 Å². The van der Waals surface area contributed by atoms with Crippen LogP contribution in [-0.2, 0) is 9.53 Å². The van der Waals surface area contributed by atoms with Gasteiger partial charge in [-0.3, -0.25) is 4.79 Å². The standard InChI is InChI=1S/C20H30O3/c1-2-3-4-5-6-7-8-9-10-13-16-19-18(21)15-12-11-14-17-20(22)23-19/h7-13,16,18-19,21H,2-6,14-15,17H2,1H3/b8-7-,10-9+,12-11-,16-13+/t18-,19-/m0/s1. The van der Waals surface area contributed by atoms with Crippen LogP contribution in [0.2, 0.25) is 0 Å². The first-order valence-corrected chi connectivity index (χ1v) is 8.76. The van der Waals surface area contributed by atoms with Crippen LogP contribution in [0.15, 0.2) is 48.6 Å². The highest BCUT2D eigenvalue weighted by atomic mass is 16.6. The molecule has 0 aromatic heterocycles. The van der Waals surface area contributed by atoms with E-state index in [9.17, 15) is 9.90 Å². The number of cyclic esters (lactones) is 1. The molecule has 0 saturated heterocycles. The predicted octanol–water partition coefficient (Wildman–Crippen LogP) is 4.64. The topological polar surface area (TPSA) is 46.5 Å². The van der Waals surface area contributed by atoms with Crippen LogP contribution >= 0.6 is 0 Å². The van der Waals surface area contributed by atoms with E-state index in [0.29, 0.717) is 19.3 Å². The highest BCUT2D eigenvalue weighted by Gasteiger charge is 2.20. The molecule has 1 aliphatic heterocycles. The zero-order chi connectivity index (χ0) is 16.8. The quantitative estimate of drug-likeness (QED) is 0.307. The largest absolute Gasteiger partial charge is 0.455 e. The number of esters is 1. The van der Waals surface area contributed by atoms with Crippen molar-refractivity contribution >= 4 is 5.97 Å². The molecule has 128 valence electrons. The summed E-state index contributed by atoms with van der Waals surface area (Å²) in [7, 11) is 0. The number of carbonyl (C=O) groups is 1. The summed E-state index contributed by atoms with van der Waals surface area (Å²) >= 11 is 0. The predicted molar refractivity (Wildman–Crippen MR) is 95.1 cm³/mol. The number of allylic oxidation sites excluding steroid dienone is 6. The van der Waals surface area contributed by atoms with Gasteiger partial charge in [0.2, 0.25) is 0 Å². The van der Waals surface area contributed by atoms with E-state index in [1.807, 2.05) is 36.5 Å². The molecule has 0 saturated carbocycles. The smallest absolute Gasteiger partial charge is 0.306 e. The third kappa shape index (κ3) is 9.90. The minimum atomic E-state index is -0.688. The highest BCUT2D eigenvalue weighted by Crippen LogP contribution is 2.12. The Morgan fingerprint density at radius 3 is 2.83 bits per heavy atom. The molecule has 0 bridgehead atoms. The lowest BCUT2D eigenvalue weighted by molar-refractivity contribution is -0.151. The van der Waals surface area contributed by atoms with Crippen LogP contribution in [0.3, 0.4) is 0 Å². The van der Waals surface area contributed by atoms with Crippen molar-refractivity contribution in [3.63, 3.8) is 0 Å². The number of unbranched alkanes of at least 4 members (excludes halogenated alkanes) is 4. The maximum absolute atomic E-state index is 11.6. The lowest BCUT2D eigenvalue weighted by Gasteiger charge is -2.18. The molecule has 0 aromatic rings. The molecule has 3 nitrogen and oxygen atoms in total. The van der Waals surface area contributed by atoms with Crippen molar-refractivity contribution in [2.75, 3.05) is 0 Å². The first-order chi connectivity index (χ1) is 11.2. The van der Waals surface area contributed by atoms with E-state index >= 15 is 0 Å². The maximum atomic E-state index is 11.6. The number of carbonyl (C=O) groups excluding carboxylic acids is 1. The van der Waals surface area contributed by atoms with Crippen LogP contribution < -0.4 is 0 Å². The van der Waals surface area contributed by atoms with Crippen molar-refractivity contribution in [1.29, 1.82) is 0 Å². The van der Waals surface area contributed by atoms with Crippen LogP contribution in [-0.4, -0.2) is 23.3 Å². The molecule has 1 rings (SSSR count). The molecule has 0 radical (unpaired) electrons.